The van der Waals surface area contributed by atoms with E-state index in [2.05, 4.69) is 51.5 Å². The monoisotopic (exact) mass is 185 g/mol. The molecule has 0 aliphatic heterocycles. The van der Waals surface area contributed by atoms with Crippen LogP contribution in [0.25, 0.3) is 0 Å². The lowest BCUT2D eigenvalue weighted by atomic mass is 10.2. The van der Waals surface area contributed by atoms with Crippen molar-refractivity contribution in [3.8, 4) is 0 Å². The summed E-state index contributed by atoms with van der Waals surface area (Å²) >= 11 is 0. The summed E-state index contributed by atoms with van der Waals surface area (Å²) in [6.07, 6.45) is 0. The summed E-state index contributed by atoms with van der Waals surface area (Å²) in [5, 5.41) is 0.438. The molecule has 0 aromatic rings. The van der Waals surface area contributed by atoms with E-state index < -0.39 is 8.96 Å². The third kappa shape index (κ3) is 3.11. The molecule has 0 saturated heterocycles. The van der Waals surface area contributed by atoms with E-state index >= 15 is 0 Å². The van der Waals surface area contributed by atoms with Crippen LogP contribution in [0.4, 0.5) is 0 Å². The molecule has 72 valence electrons. The van der Waals surface area contributed by atoms with Crippen LogP contribution in [0.1, 0.15) is 34.6 Å². The molecule has 0 aromatic heterocycles. The number of hydrogen-bond acceptors (Lipinski definition) is 1. The third-order valence-corrected chi connectivity index (χ3v) is 6.05. The lowest BCUT2D eigenvalue weighted by molar-refractivity contribution is 0.459. The van der Waals surface area contributed by atoms with Crippen molar-refractivity contribution in [3.63, 3.8) is 0 Å². The highest BCUT2D eigenvalue weighted by Gasteiger charge is 2.27. The fourth-order valence-electron chi connectivity index (χ4n) is 1.67. The van der Waals surface area contributed by atoms with Gasteiger partial charge in [-0.15, -0.1) is 6.58 Å². The maximum absolute atomic E-state index is 3.96. The summed E-state index contributed by atoms with van der Waals surface area (Å²) in [5.74, 6) is 0. The zero-order valence-electron chi connectivity index (χ0n) is 9.22. The van der Waals surface area contributed by atoms with Gasteiger partial charge in [-0.05, 0) is 18.1 Å². The van der Waals surface area contributed by atoms with Gasteiger partial charge < -0.3 is 4.57 Å². The van der Waals surface area contributed by atoms with Crippen LogP contribution in [0.5, 0.6) is 0 Å². The summed E-state index contributed by atoms with van der Waals surface area (Å²) in [4.78, 5) is 0. The van der Waals surface area contributed by atoms with Gasteiger partial charge in [0, 0.05) is 0 Å². The Bertz CT molecular complexity index is 133. The van der Waals surface area contributed by atoms with E-state index in [9.17, 15) is 0 Å². The molecule has 1 nitrogen and oxygen atoms in total. The molecule has 0 heterocycles. The van der Waals surface area contributed by atoms with Gasteiger partial charge in [-0.25, -0.2) is 0 Å². The van der Waals surface area contributed by atoms with Crippen molar-refractivity contribution in [1.82, 2.24) is 4.57 Å². The highest BCUT2D eigenvalue weighted by atomic mass is 28.3. The molecule has 1 unspecified atom stereocenters. The summed E-state index contributed by atoms with van der Waals surface area (Å²) in [7, 11) is -0.919. The SMILES string of the molecule is C=C[SiH](N(CC)CC)C(C)(C)C. The molecule has 0 aliphatic rings. The molecule has 0 bridgehead atoms. The van der Waals surface area contributed by atoms with Crippen LogP contribution in [0.2, 0.25) is 5.04 Å². The van der Waals surface area contributed by atoms with E-state index in [-0.39, 0.29) is 0 Å². The second kappa shape index (κ2) is 4.82. The summed E-state index contributed by atoms with van der Waals surface area (Å²) in [5.41, 5.74) is 2.20. The van der Waals surface area contributed by atoms with E-state index in [1.807, 2.05) is 0 Å². The Morgan fingerprint density at radius 1 is 1.25 bits per heavy atom. The summed E-state index contributed by atoms with van der Waals surface area (Å²) in [6, 6.07) is 0. The minimum Gasteiger partial charge on any atom is -0.323 e. The first-order chi connectivity index (χ1) is 5.47. The highest BCUT2D eigenvalue weighted by Crippen LogP contribution is 2.29. The predicted molar refractivity (Wildman–Crippen MR) is 60.0 cm³/mol. The van der Waals surface area contributed by atoms with E-state index in [0.717, 1.165) is 13.1 Å². The quantitative estimate of drug-likeness (QED) is 0.609. The van der Waals surface area contributed by atoms with Crippen LogP contribution in [0.3, 0.4) is 0 Å². The van der Waals surface area contributed by atoms with Crippen LogP contribution in [-0.4, -0.2) is 26.6 Å². The first-order valence-electron chi connectivity index (χ1n) is 4.84. The molecule has 0 radical (unpaired) electrons. The van der Waals surface area contributed by atoms with Crippen LogP contribution in [-0.2, 0) is 0 Å². The fraction of sp³-hybridized carbons (Fsp3) is 0.800. The minimum absolute atomic E-state index is 0.438. The average molecular weight is 185 g/mol. The van der Waals surface area contributed by atoms with E-state index in [1.54, 1.807) is 0 Å². The molecule has 0 amide bonds. The van der Waals surface area contributed by atoms with Crippen molar-refractivity contribution >= 4 is 8.96 Å². The molecule has 2 heteroatoms. The van der Waals surface area contributed by atoms with Crippen LogP contribution < -0.4 is 0 Å². The minimum atomic E-state index is -0.919. The molecule has 0 rings (SSSR count). The molecule has 0 saturated carbocycles. The average Bonchev–Trinajstić information content (AvgIpc) is 1.97. The van der Waals surface area contributed by atoms with Gasteiger partial charge in [0.1, 0.15) is 8.96 Å². The third-order valence-electron chi connectivity index (χ3n) is 2.32. The van der Waals surface area contributed by atoms with Crippen molar-refractivity contribution in [3.05, 3.63) is 12.3 Å². The second-order valence-electron chi connectivity index (χ2n) is 4.27. The van der Waals surface area contributed by atoms with Crippen LogP contribution >= 0.6 is 0 Å². The molecule has 1 atom stereocenters. The molecule has 0 aromatic carbocycles. The first-order valence-corrected chi connectivity index (χ1v) is 6.60. The molecular weight excluding hydrogens is 162 g/mol. The molecular formula is C10H23NSi. The van der Waals surface area contributed by atoms with Crippen molar-refractivity contribution in [1.29, 1.82) is 0 Å². The predicted octanol–water partition coefficient (Wildman–Crippen LogP) is 2.58. The van der Waals surface area contributed by atoms with Crippen molar-refractivity contribution < 1.29 is 0 Å². The largest absolute Gasteiger partial charge is 0.323 e. The van der Waals surface area contributed by atoms with Gasteiger partial charge >= 0.3 is 0 Å². The van der Waals surface area contributed by atoms with Gasteiger partial charge in [0.25, 0.3) is 0 Å². The molecule has 0 spiro atoms. The van der Waals surface area contributed by atoms with Gasteiger partial charge in [0.05, 0.1) is 0 Å². The smallest absolute Gasteiger partial charge is 0.141 e. The first kappa shape index (κ1) is 11.9. The van der Waals surface area contributed by atoms with Gasteiger partial charge in [-0.2, -0.15) is 0 Å². The lowest BCUT2D eigenvalue weighted by Gasteiger charge is -2.35. The molecule has 12 heavy (non-hydrogen) atoms. The Labute approximate surface area is 79.2 Å². The zero-order valence-corrected chi connectivity index (χ0v) is 10.4. The van der Waals surface area contributed by atoms with Crippen LogP contribution in [0, 0.1) is 0 Å². The zero-order chi connectivity index (χ0) is 9.78. The standard InChI is InChI=1S/C10H23NSi/c1-7-11(8-2)12(9-3)10(4,5)6/h9,12H,3,7-8H2,1-2,4-6H3. The van der Waals surface area contributed by atoms with Gasteiger partial charge in [0.15, 0.2) is 0 Å². The lowest BCUT2D eigenvalue weighted by Crippen LogP contribution is -2.44. The van der Waals surface area contributed by atoms with E-state index in [1.165, 1.54) is 0 Å². The molecule has 0 aliphatic carbocycles. The number of rotatable bonds is 4. The highest BCUT2D eigenvalue weighted by molar-refractivity contribution is 6.64. The Morgan fingerprint density at radius 2 is 1.67 bits per heavy atom. The maximum atomic E-state index is 3.96. The Morgan fingerprint density at radius 3 is 1.75 bits per heavy atom. The van der Waals surface area contributed by atoms with Crippen molar-refractivity contribution in [2.24, 2.45) is 0 Å². The Kier molecular flexibility index (Phi) is 4.79. The number of hydrogen-bond donors (Lipinski definition) is 0. The van der Waals surface area contributed by atoms with Crippen LogP contribution in [0.15, 0.2) is 12.3 Å². The van der Waals surface area contributed by atoms with Gasteiger partial charge in [0.2, 0.25) is 0 Å². The van der Waals surface area contributed by atoms with Crippen molar-refractivity contribution in [2.75, 3.05) is 13.1 Å². The second-order valence-corrected chi connectivity index (χ2v) is 8.09. The number of nitrogens with zero attached hydrogens (tertiary/aromatic N) is 1. The van der Waals surface area contributed by atoms with Gasteiger partial charge in [-0.3, -0.25) is 0 Å². The molecule has 0 N–H and O–H groups in total. The Balaban J connectivity index is 4.41. The van der Waals surface area contributed by atoms with Gasteiger partial charge in [-0.1, -0.05) is 40.3 Å². The Hall–Kier alpha value is -0.0831. The van der Waals surface area contributed by atoms with E-state index in [0.29, 0.717) is 5.04 Å². The normalized spacial score (nSPS) is 14.8. The van der Waals surface area contributed by atoms with Crippen molar-refractivity contribution in [2.45, 2.75) is 39.7 Å². The summed E-state index contributed by atoms with van der Waals surface area (Å²) in [6.45, 7) is 17.7. The molecule has 0 fully saturated rings. The van der Waals surface area contributed by atoms with E-state index in [4.69, 9.17) is 0 Å². The topological polar surface area (TPSA) is 3.24 Å². The fourth-order valence-corrected chi connectivity index (χ4v) is 4.55. The maximum Gasteiger partial charge on any atom is 0.141 e. The summed E-state index contributed by atoms with van der Waals surface area (Å²) < 4.78 is 2.58.